The summed E-state index contributed by atoms with van der Waals surface area (Å²) in [5, 5.41) is 8.61. The van der Waals surface area contributed by atoms with E-state index in [2.05, 4.69) is 0 Å². The third-order valence-corrected chi connectivity index (χ3v) is 1.60. The molecule has 0 amide bonds. The fourth-order valence-electron chi connectivity index (χ4n) is 0.995. The van der Waals surface area contributed by atoms with Crippen LogP contribution in [0.2, 0.25) is 0 Å². The molecule has 0 fully saturated rings. The molecule has 0 bridgehead atoms. The molecule has 0 atom stereocenters. The molecular weight excluding hydrogens is 162 g/mol. The van der Waals surface area contributed by atoms with Gasteiger partial charge >= 0.3 is 0 Å². The van der Waals surface area contributed by atoms with Gasteiger partial charge in [-0.2, -0.15) is 5.26 Å². The van der Waals surface area contributed by atoms with Crippen molar-refractivity contribution in [1.82, 2.24) is 0 Å². The smallest absolute Gasteiger partial charge is 0.145 e. The van der Waals surface area contributed by atoms with Crippen molar-refractivity contribution in [2.45, 2.75) is 6.92 Å². The van der Waals surface area contributed by atoms with Crippen LogP contribution in [0.1, 0.15) is 18.1 Å². The molecule has 0 aliphatic carbocycles. The molecule has 0 saturated carbocycles. The van der Waals surface area contributed by atoms with Crippen molar-refractivity contribution in [2.75, 3.05) is 0 Å². The predicted octanol–water partition coefficient (Wildman–Crippen LogP) is 2.16. The number of benzene rings is 1. The normalized spacial score (nSPS) is 10.6. The molecule has 1 aromatic carbocycles. The summed E-state index contributed by atoms with van der Waals surface area (Å²) in [6, 6.07) is 9.16. The predicted molar refractivity (Wildman–Crippen MR) is 50.9 cm³/mol. The second-order valence-electron chi connectivity index (χ2n) is 2.74. The minimum Gasteiger partial charge on any atom is -0.298 e. The second-order valence-corrected chi connectivity index (χ2v) is 2.74. The second kappa shape index (κ2) is 4.22. The maximum absolute atomic E-state index is 10.3. The van der Waals surface area contributed by atoms with Crippen LogP contribution < -0.4 is 0 Å². The van der Waals surface area contributed by atoms with Gasteiger partial charge in [0.25, 0.3) is 0 Å². The van der Waals surface area contributed by atoms with Crippen molar-refractivity contribution in [2.24, 2.45) is 0 Å². The first-order chi connectivity index (χ1) is 6.26. The summed E-state index contributed by atoms with van der Waals surface area (Å²) in [5.74, 6) is 0. The summed E-state index contributed by atoms with van der Waals surface area (Å²) in [7, 11) is 0. The lowest BCUT2D eigenvalue weighted by Crippen LogP contribution is -1.79. The molecule has 0 radical (unpaired) electrons. The van der Waals surface area contributed by atoms with Crippen LogP contribution in [-0.4, -0.2) is 6.29 Å². The van der Waals surface area contributed by atoms with Crippen molar-refractivity contribution >= 4 is 12.4 Å². The third-order valence-electron chi connectivity index (χ3n) is 1.60. The molecule has 0 spiro atoms. The summed E-state index contributed by atoms with van der Waals surface area (Å²) in [5.41, 5.74) is 2.13. The first kappa shape index (κ1) is 9.21. The average Bonchev–Trinajstić information content (AvgIpc) is 2.18. The fourth-order valence-corrected chi connectivity index (χ4v) is 0.995. The van der Waals surface area contributed by atoms with E-state index in [1.54, 1.807) is 31.2 Å². The summed E-state index contributed by atoms with van der Waals surface area (Å²) >= 11 is 0. The van der Waals surface area contributed by atoms with Gasteiger partial charge in [-0.3, -0.25) is 4.79 Å². The Balaban J connectivity index is 3.04. The fraction of sp³-hybridized carbons (Fsp3) is 0.0909. The Morgan fingerprint density at radius 2 is 2.31 bits per heavy atom. The number of hydrogen-bond donors (Lipinski definition) is 0. The van der Waals surface area contributed by atoms with Crippen molar-refractivity contribution in [3.63, 3.8) is 0 Å². The molecule has 1 rings (SSSR count). The highest BCUT2D eigenvalue weighted by atomic mass is 16.1. The number of allylic oxidation sites excluding steroid dienone is 1. The Morgan fingerprint density at radius 3 is 2.92 bits per heavy atom. The summed E-state index contributed by atoms with van der Waals surface area (Å²) in [6.07, 6.45) is 2.53. The molecule has 0 unspecified atom stereocenters. The van der Waals surface area contributed by atoms with E-state index in [9.17, 15) is 4.79 Å². The van der Waals surface area contributed by atoms with Crippen LogP contribution in [0.15, 0.2) is 29.8 Å². The van der Waals surface area contributed by atoms with E-state index in [0.717, 1.165) is 11.8 Å². The van der Waals surface area contributed by atoms with Crippen LogP contribution in [0.25, 0.3) is 6.08 Å². The van der Waals surface area contributed by atoms with Crippen LogP contribution in [0.3, 0.4) is 0 Å². The number of nitriles is 1. The van der Waals surface area contributed by atoms with Crippen LogP contribution in [0.4, 0.5) is 0 Å². The van der Waals surface area contributed by atoms with Crippen LogP contribution in [0, 0.1) is 11.3 Å². The molecule has 2 nitrogen and oxygen atoms in total. The lowest BCUT2D eigenvalue weighted by atomic mass is 10.1. The van der Waals surface area contributed by atoms with Gasteiger partial charge in [-0.25, -0.2) is 0 Å². The zero-order valence-corrected chi connectivity index (χ0v) is 7.32. The van der Waals surface area contributed by atoms with Crippen molar-refractivity contribution < 1.29 is 4.79 Å². The molecule has 0 aliphatic rings. The lowest BCUT2D eigenvalue weighted by molar-refractivity contribution is -0.104. The van der Waals surface area contributed by atoms with Gasteiger partial charge in [0.1, 0.15) is 6.29 Å². The number of nitrogens with zero attached hydrogens (tertiary/aromatic N) is 1. The summed E-state index contributed by atoms with van der Waals surface area (Å²) < 4.78 is 0. The Kier molecular flexibility index (Phi) is 2.99. The highest BCUT2D eigenvalue weighted by molar-refractivity contribution is 5.80. The van der Waals surface area contributed by atoms with Gasteiger partial charge in [-0.05, 0) is 36.3 Å². The molecule has 13 heavy (non-hydrogen) atoms. The Hall–Kier alpha value is -1.88. The van der Waals surface area contributed by atoms with Gasteiger partial charge in [-0.1, -0.05) is 12.1 Å². The first-order valence-electron chi connectivity index (χ1n) is 3.90. The molecule has 1 aromatic rings. The average molecular weight is 171 g/mol. The monoisotopic (exact) mass is 171 g/mol. The van der Waals surface area contributed by atoms with Gasteiger partial charge in [-0.15, -0.1) is 0 Å². The number of carbonyl (C=O) groups excluding carboxylic acids is 1. The van der Waals surface area contributed by atoms with E-state index in [4.69, 9.17) is 5.26 Å². The number of aldehydes is 1. The summed E-state index contributed by atoms with van der Waals surface area (Å²) in [6.45, 7) is 1.73. The van der Waals surface area contributed by atoms with Crippen molar-refractivity contribution in [1.29, 1.82) is 5.26 Å². The summed E-state index contributed by atoms with van der Waals surface area (Å²) in [4.78, 5) is 10.3. The standard InChI is InChI=1S/C11H9NO/c1-9(8-13)5-10-3-2-4-11(6-10)7-12/h2-6,8H,1H3. The van der Waals surface area contributed by atoms with Gasteiger partial charge in [0.05, 0.1) is 11.6 Å². The molecule has 64 valence electrons. The van der Waals surface area contributed by atoms with Crippen molar-refractivity contribution in [3.05, 3.63) is 41.0 Å². The van der Waals surface area contributed by atoms with E-state index in [-0.39, 0.29) is 0 Å². The van der Waals surface area contributed by atoms with E-state index >= 15 is 0 Å². The quantitative estimate of drug-likeness (QED) is 0.505. The maximum atomic E-state index is 10.3. The topological polar surface area (TPSA) is 40.9 Å². The van der Waals surface area contributed by atoms with E-state index in [1.807, 2.05) is 12.1 Å². The van der Waals surface area contributed by atoms with Crippen LogP contribution in [-0.2, 0) is 4.79 Å². The molecule has 0 saturated heterocycles. The van der Waals surface area contributed by atoms with Gasteiger partial charge in [0.2, 0.25) is 0 Å². The minimum absolute atomic E-state index is 0.604. The minimum atomic E-state index is 0.604. The zero-order valence-electron chi connectivity index (χ0n) is 7.32. The van der Waals surface area contributed by atoms with E-state index in [1.165, 1.54) is 0 Å². The highest BCUT2D eigenvalue weighted by Gasteiger charge is 1.92. The van der Waals surface area contributed by atoms with E-state index < -0.39 is 0 Å². The third kappa shape index (κ3) is 2.57. The number of rotatable bonds is 2. The Labute approximate surface area is 77.1 Å². The van der Waals surface area contributed by atoms with Gasteiger partial charge < -0.3 is 0 Å². The molecule has 0 heterocycles. The lowest BCUT2D eigenvalue weighted by Gasteiger charge is -1.94. The molecule has 0 aromatic heterocycles. The van der Waals surface area contributed by atoms with Crippen LogP contribution in [0.5, 0.6) is 0 Å². The molecule has 0 aliphatic heterocycles. The first-order valence-corrected chi connectivity index (χ1v) is 3.90. The molecule has 2 heteroatoms. The van der Waals surface area contributed by atoms with E-state index in [0.29, 0.717) is 11.1 Å². The Morgan fingerprint density at radius 1 is 1.54 bits per heavy atom. The SMILES string of the molecule is CC(C=O)=Cc1cccc(C#N)c1. The van der Waals surface area contributed by atoms with Gasteiger partial charge in [0.15, 0.2) is 0 Å². The molecule has 0 N–H and O–H groups in total. The number of carbonyl (C=O) groups is 1. The van der Waals surface area contributed by atoms with Crippen LogP contribution >= 0.6 is 0 Å². The van der Waals surface area contributed by atoms with Crippen molar-refractivity contribution in [3.8, 4) is 6.07 Å². The maximum Gasteiger partial charge on any atom is 0.145 e. The molecular formula is C11H9NO. The zero-order chi connectivity index (χ0) is 9.68. The Bertz CT molecular complexity index is 385. The number of hydrogen-bond acceptors (Lipinski definition) is 2. The highest BCUT2D eigenvalue weighted by Crippen LogP contribution is 2.07. The largest absolute Gasteiger partial charge is 0.298 e. The van der Waals surface area contributed by atoms with Gasteiger partial charge in [0, 0.05) is 0 Å².